The number of hydrogen-bond donors (Lipinski definition) is 1. The number of piperidine rings is 1. The van der Waals surface area contributed by atoms with Gasteiger partial charge in [-0.3, -0.25) is 4.79 Å². The van der Waals surface area contributed by atoms with Crippen LogP contribution in [0, 0.1) is 0 Å². The first-order chi connectivity index (χ1) is 16.5. The number of rotatable bonds is 13. The molecule has 192 valence electrons. The van der Waals surface area contributed by atoms with Crippen molar-refractivity contribution in [1.29, 1.82) is 0 Å². The largest absolute Gasteiger partial charge is 0.381 e. The van der Waals surface area contributed by atoms with Gasteiger partial charge in [0.15, 0.2) is 6.29 Å². The van der Waals surface area contributed by atoms with Gasteiger partial charge in [0.05, 0.1) is 38.4 Å². The van der Waals surface area contributed by atoms with Crippen molar-refractivity contribution in [3.63, 3.8) is 0 Å². The fourth-order valence-corrected chi connectivity index (χ4v) is 4.65. The minimum Gasteiger partial charge on any atom is -0.381 e. The predicted molar refractivity (Wildman–Crippen MR) is 132 cm³/mol. The summed E-state index contributed by atoms with van der Waals surface area (Å²) >= 11 is 0. The molecule has 0 unspecified atom stereocenters. The Labute approximate surface area is 204 Å². The maximum absolute atomic E-state index is 12.2. The minimum atomic E-state index is -0.406. The monoisotopic (exact) mass is 477 g/mol. The third kappa shape index (κ3) is 8.59. The summed E-state index contributed by atoms with van der Waals surface area (Å²) in [4.78, 5) is 16.4. The van der Waals surface area contributed by atoms with Gasteiger partial charge in [-0.05, 0) is 36.8 Å². The van der Waals surface area contributed by atoms with Crippen LogP contribution in [0.5, 0.6) is 0 Å². The molecule has 0 saturated carbocycles. The number of amides is 1. The zero-order valence-corrected chi connectivity index (χ0v) is 21.2. The molecule has 1 spiro atoms. The standard InChI is InChI=1S/C26H43N3O5/c1-28(20-25(31-2)32-3)24(30)9-17-33-16-8-23-6-4-5-22(19-23)7-13-29-14-10-26(11-15-29)21-27-12-18-34-26/h4-6,19,25,27H,7-18,20-21H2,1-3H3. The summed E-state index contributed by atoms with van der Waals surface area (Å²) in [5.74, 6) is 0.0241. The smallest absolute Gasteiger partial charge is 0.224 e. The molecule has 0 radical (unpaired) electrons. The molecule has 1 aromatic carbocycles. The predicted octanol–water partition coefficient (Wildman–Crippen LogP) is 1.71. The number of carbonyl (C=O) groups is 1. The molecule has 1 N–H and O–H groups in total. The first-order valence-electron chi connectivity index (χ1n) is 12.6. The van der Waals surface area contributed by atoms with E-state index in [1.807, 2.05) is 0 Å². The first kappa shape index (κ1) is 27.0. The number of morpholine rings is 1. The molecule has 8 heteroatoms. The van der Waals surface area contributed by atoms with E-state index in [0.29, 0.717) is 26.2 Å². The Morgan fingerprint density at radius 1 is 1.18 bits per heavy atom. The minimum absolute atomic E-state index is 0.0241. The van der Waals surface area contributed by atoms with Crippen LogP contribution in [0.15, 0.2) is 24.3 Å². The normalized spacial score (nSPS) is 18.5. The van der Waals surface area contributed by atoms with E-state index in [-0.39, 0.29) is 11.5 Å². The molecule has 0 aliphatic carbocycles. The number of hydrogen-bond acceptors (Lipinski definition) is 7. The number of ether oxygens (including phenoxy) is 4. The molecule has 0 aromatic heterocycles. The molecular formula is C26H43N3O5. The van der Waals surface area contributed by atoms with Crippen molar-refractivity contribution in [3.8, 4) is 0 Å². The molecule has 1 amide bonds. The highest BCUT2D eigenvalue weighted by atomic mass is 16.7. The van der Waals surface area contributed by atoms with Crippen molar-refractivity contribution < 1.29 is 23.7 Å². The Balaban J connectivity index is 1.30. The average molecular weight is 478 g/mol. The van der Waals surface area contributed by atoms with Gasteiger partial charge in [-0.1, -0.05) is 24.3 Å². The van der Waals surface area contributed by atoms with Gasteiger partial charge >= 0.3 is 0 Å². The third-order valence-electron chi connectivity index (χ3n) is 6.98. The van der Waals surface area contributed by atoms with E-state index < -0.39 is 6.29 Å². The summed E-state index contributed by atoms with van der Waals surface area (Å²) in [6.45, 7) is 7.57. The third-order valence-corrected chi connectivity index (χ3v) is 6.98. The van der Waals surface area contributed by atoms with E-state index in [1.54, 1.807) is 26.2 Å². The lowest BCUT2D eigenvalue weighted by atomic mass is 9.90. The van der Waals surface area contributed by atoms with Crippen molar-refractivity contribution in [2.75, 3.05) is 80.4 Å². The first-order valence-corrected chi connectivity index (χ1v) is 12.6. The fourth-order valence-electron chi connectivity index (χ4n) is 4.65. The highest BCUT2D eigenvalue weighted by molar-refractivity contribution is 5.75. The summed E-state index contributed by atoms with van der Waals surface area (Å²) < 4.78 is 22.1. The van der Waals surface area contributed by atoms with E-state index in [1.165, 1.54) is 11.1 Å². The maximum atomic E-state index is 12.2. The van der Waals surface area contributed by atoms with E-state index in [2.05, 4.69) is 34.5 Å². The lowest BCUT2D eigenvalue weighted by Crippen LogP contribution is -2.55. The molecule has 2 aliphatic rings. The van der Waals surface area contributed by atoms with Crippen LogP contribution in [0.1, 0.15) is 30.4 Å². The summed E-state index contributed by atoms with van der Waals surface area (Å²) in [5, 5.41) is 3.49. The number of carbonyl (C=O) groups excluding carboxylic acids is 1. The van der Waals surface area contributed by atoms with Gasteiger partial charge in [0.2, 0.25) is 5.91 Å². The van der Waals surface area contributed by atoms with Gasteiger partial charge in [-0.25, -0.2) is 0 Å². The molecule has 3 rings (SSSR count). The Morgan fingerprint density at radius 2 is 1.91 bits per heavy atom. The van der Waals surface area contributed by atoms with Gasteiger partial charge in [0.1, 0.15) is 0 Å². The van der Waals surface area contributed by atoms with Crippen LogP contribution in [-0.2, 0) is 36.6 Å². The molecule has 1 aromatic rings. The maximum Gasteiger partial charge on any atom is 0.224 e. The van der Waals surface area contributed by atoms with Crippen LogP contribution < -0.4 is 5.32 Å². The molecule has 2 saturated heterocycles. The second-order valence-electron chi connectivity index (χ2n) is 9.41. The number of nitrogens with zero attached hydrogens (tertiary/aromatic N) is 2. The highest BCUT2D eigenvalue weighted by Gasteiger charge is 2.36. The van der Waals surface area contributed by atoms with E-state index >= 15 is 0 Å². The number of likely N-dealkylation sites (N-methyl/N-ethyl adjacent to an activating group) is 1. The number of nitrogens with one attached hydrogen (secondary N) is 1. The zero-order chi connectivity index (χ0) is 24.2. The average Bonchev–Trinajstić information content (AvgIpc) is 2.87. The van der Waals surface area contributed by atoms with Gasteiger partial charge in [0.25, 0.3) is 0 Å². The lowest BCUT2D eigenvalue weighted by molar-refractivity contribution is -0.143. The molecule has 2 heterocycles. The molecule has 2 fully saturated rings. The Kier molecular flexibility index (Phi) is 11.2. The molecule has 0 bridgehead atoms. The van der Waals surface area contributed by atoms with Crippen LogP contribution in [0.2, 0.25) is 0 Å². The van der Waals surface area contributed by atoms with Crippen molar-refractivity contribution in [2.24, 2.45) is 0 Å². The van der Waals surface area contributed by atoms with E-state index in [9.17, 15) is 4.79 Å². The molecule has 8 nitrogen and oxygen atoms in total. The Hall–Kier alpha value is -1.55. The number of likely N-dealkylation sites (tertiary alicyclic amines) is 1. The summed E-state index contributed by atoms with van der Waals surface area (Å²) in [7, 11) is 4.89. The van der Waals surface area contributed by atoms with Gasteiger partial charge in [0, 0.05) is 54.0 Å². The Morgan fingerprint density at radius 3 is 2.59 bits per heavy atom. The van der Waals surface area contributed by atoms with Crippen LogP contribution >= 0.6 is 0 Å². The van der Waals surface area contributed by atoms with Gasteiger partial charge in [-0.2, -0.15) is 0 Å². The van der Waals surface area contributed by atoms with Crippen LogP contribution in [-0.4, -0.2) is 108 Å². The molecule has 0 atom stereocenters. The summed E-state index contributed by atoms with van der Waals surface area (Å²) in [6.07, 6.45) is 4.10. The summed E-state index contributed by atoms with van der Waals surface area (Å²) in [6, 6.07) is 8.79. The van der Waals surface area contributed by atoms with Crippen molar-refractivity contribution in [1.82, 2.24) is 15.1 Å². The van der Waals surface area contributed by atoms with Crippen LogP contribution in [0.3, 0.4) is 0 Å². The topological polar surface area (TPSA) is 72.5 Å². The van der Waals surface area contributed by atoms with E-state index in [0.717, 1.165) is 65.0 Å². The highest BCUT2D eigenvalue weighted by Crippen LogP contribution is 2.27. The fraction of sp³-hybridized carbons (Fsp3) is 0.731. The second-order valence-corrected chi connectivity index (χ2v) is 9.41. The van der Waals surface area contributed by atoms with Crippen molar-refractivity contribution in [3.05, 3.63) is 35.4 Å². The zero-order valence-electron chi connectivity index (χ0n) is 21.2. The quantitative estimate of drug-likeness (QED) is 0.343. The second kappa shape index (κ2) is 14.1. The Bertz CT molecular complexity index is 727. The van der Waals surface area contributed by atoms with Gasteiger partial charge < -0.3 is 34.1 Å². The van der Waals surface area contributed by atoms with Crippen molar-refractivity contribution >= 4 is 5.91 Å². The van der Waals surface area contributed by atoms with E-state index in [4.69, 9.17) is 18.9 Å². The molecular weight excluding hydrogens is 434 g/mol. The number of methoxy groups -OCH3 is 2. The summed E-state index contributed by atoms with van der Waals surface area (Å²) in [5.41, 5.74) is 2.73. The van der Waals surface area contributed by atoms with Crippen LogP contribution in [0.25, 0.3) is 0 Å². The van der Waals surface area contributed by atoms with Crippen LogP contribution in [0.4, 0.5) is 0 Å². The molecule has 34 heavy (non-hydrogen) atoms. The van der Waals surface area contributed by atoms with Gasteiger partial charge in [-0.15, -0.1) is 0 Å². The lowest BCUT2D eigenvalue weighted by Gasteiger charge is -2.44. The molecule has 2 aliphatic heterocycles. The number of benzene rings is 1. The van der Waals surface area contributed by atoms with Crippen molar-refractivity contribution in [2.45, 2.75) is 44.0 Å². The SMILES string of the molecule is COC(CN(C)C(=O)CCOCCc1cccc(CCN2CCC3(CC2)CNCCO3)c1)OC.